The molecule has 0 heterocycles. The number of hydrogen-bond donors (Lipinski definition) is 1. The molecular weight excluding hydrogens is 229 g/mol. The van der Waals surface area contributed by atoms with E-state index < -0.39 is 20.4 Å². The Morgan fingerprint density at radius 2 is 2.06 bits per heavy atom. The Bertz CT molecular complexity index is 489. The molecule has 0 aliphatic heterocycles. The fourth-order valence-electron chi connectivity index (χ4n) is 2.04. The van der Waals surface area contributed by atoms with Crippen molar-refractivity contribution in [1.29, 1.82) is 0 Å². The van der Waals surface area contributed by atoms with Crippen molar-refractivity contribution in [3.05, 3.63) is 30.1 Å². The number of rotatable bonds is 3. The van der Waals surface area contributed by atoms with E-state index in [2.05, 4.69) is 0 Å². The summed E-state index contributed by atoms with van der Waals surface area (Å²) in [6.07, 6.45) is 2.01. The molecule has 1 fully saturated rings. The van der Waals surface area contributed by atoms with Gasteiger partial charge in [-0.15, -0.1) is 0 Å². The molecule has 88 valence electrons. The Morgan fingerprint density at radius 1 is 1.38 bits per heavy atom. The third-order valence-electron chi connectivity index (χ3n) is 3.31. The minimum atomic E-state index is -3.50. The Labute approximate surface area is 94.4 Å². The second-order valence-corrected chi connectivity index (χ2v) is 6.55. The highest BCUT2D eigenvalue weighted by atomic mass is 32.2. The lowest BCUT2D eigenvalue weighted by Crippen LogP contribution is -2.51. The summed E-state index contributed by atoms with van der Waals surface area (Å²) in [6, 6.07) is 5.12. The van der Waals surface area contributed by atoms with Crippen molar-refractivity contribution >= 4 is 9.84 Å². The van der Waals surface area contributed by atoms with Gasteiger partial charge in [0.25, 0.3) is 0 Å². The van der Waals surface area contributed by atoms with E-state index in [-0.39, 0.29) is 11.4 Å². The van der Waals surface area contributed by atoms with Crippen molar-refractivity contribution in [2.75, 3.05) is 6.54 Å². The van der Waals surface area contributed by atoms with Crippen LogP contribution in [0.5, 0.6) is 0 Å². The van der Waals surface area contributed by atoms with E-state index in [1.807, 2.05) is 0 Å². The number of benzene rings is 1. The monoisotopic (exact) mass is 243 g/mol. The van der Waals surface area contributed by atoms with Gasteiger partial charge in [-0.2, -0.15) is 0 Å². The summed E-state index contributed by atoms with van der Waals surface area (Å²) in [5.74, 6) is -0.535. The third kappa shape index (κ3) is 1.55. The van der Waals surface area contributed by atoms with Crippen LogP contribution >= 0.6 is 0 Å². The molecular formula is C11H14FNO2S. The van der Waals surface area contributed by atoms with Crippen molar-refractivity contribution in [3.8, 4) is 0 Å². The van der Waals surface area contributed by atoms with Crippen LogP contribution in [0.4, 0.5) is 4.39 Å². The molecule has 0 saturated heterocycles. The summed E-state index contributed by atoms with van der Waals surface area (Å²) >= 11 is 0. The van der Waals surface area contributed by atoms with Gasteiger partial charge in [0, 0.05) is 6.54 Å². The summed E-state index contributed by atoms with van der Waals surface area (Å²) in [7, 11) is -3.50. The maximum atomic E-state index is 13.0. The lowest BCUT2D eigenvalue weighted by molar-refractivity contribution is 0.344. The van der Waals surface area contributed by atoms with Crippen molar-refractivity contribution in [2.45, 2.75) is 28.9 Å². The summed E-state index contributed by atoms with van der Waals surface area (Å²) in [4.78, 5) is 0.0395. The van der Waals surface area contributed by atoms with Crippen LogP contribution in [0.25, 0.3) is 0 Å². The molecule has 16 heavy (non-hydrogen) atoms. The lowest BCUT2D eigenvalue weighted by atomic mass is 9.84. The average molecular weight is 243 g/mol. The predicted octanol–water partition coefficient (Wildman–Crippen LogP) is 1.48. The molecule has 5 heteroatoms. The van der Waals surface area contributed by atoms with Crippen molar-refractivity contribution in [2.24, 2.45) is 5.73 Å². The van der Waals surface area contributed by atoms with Gasteiger partial charge in [-0.25, -0.2) is 12.8 Å². The van der Waals surface area contributed by atoms with E-state index in [9.17, 15) is 12.8 Å². The first-order chi connectivity index (χ1) is 7.52. The van der Waals surface area contributed by atoms with Crippen LogP contribution in [0.3, 0.4) is 0 Å². The quantitative estimate of drug-likeness (QED) is 0.874. The molecule has 2 rings (SSSR count). The molecule has 1 aromatic rings. The predicted molar refractivity (Wildman–Crippen MR) is 59.2 cm³/mol. The summed E-state index contributed by atoms with van der Waals surface area (Å²) in [5.41, 5.74) is 5.56. The first-order valence-corrected chi connectivity index (χ1v) is 6.70. The Hall–Kier alpha value is -0.940. The van der Waals surface area contributed by atoms with Crippen molar-refractivity contribution in [1.82, 2.24) is 0 Å². The zero-order valence-electron chi connectivity index (χ0n) is 8.82. The van der Waals surface area contributed by atoms with E-state index in [0.717, 1.165) is 12.5 Å². The Kier molecular flexibility index (Phi) is 2.75. The number of halogens is 1. The average Bonchev–Trinajstić information content (AvgIpc) is 2.16. The number of sulfone groups is 1. The molecule has 0 atom stereocenters. The van der Waals surface area contributed by atoms with E-state index in [1.165, 1.54) is 18.2 Å². The first kappa shape index (κ1) is 11.5. The molecule has 0 bridgehead atoms. The minimum Gasteiger partial charge on any atom is -0.329 e. The topological polar surface area (TPSA) is 60.2 Å². The molecule has 0 amide bonds. The van der Waals surface area contributed by atoms with Gasteiger partial charge in [0.2, 0.25) is 0 Å². The standard InChI is InChI=1S/C11H14FNO2S/c12-9-3-1-4-10(7-9)16(14,15)11(8-13)5-2-6-11/h1,3-4,7H,2,5-6,8,13H2. The first-order valence-electron chi connectivity index (χ1n) is 5.22. The highest BCUT2D eigenvalue weighted by Gasteiger charge is 2.48. The van der Waals surface area contributed by atoms with Gasteiger partial charge < -0.3 is 5.73 Å². The van der Waals surface area contributed by atoms with E-state index >= 15 is 0 Å². The SMILES string of the molecule is NCC1(S(=O)(=O)c2cccc(F)c2)CCC1. The molecule has 0 unspecified atom stereocenters. The molecule has 1 saturated carbocycles. The molecule has 0 radical (unpaired) electrons. The molecule has 1 aliphatic carbocycles. The van der Waals surface area contributed by atoms with Crippen LogP contribution in [0, 0.1) is 5.82 Å². The van der Waals surface area contributed by atoms with Crippen LogP contribution in [-0.4, -0.2) is 19.7 Å². The van der Waals surface area contributed by atoms with Gasteiger partial charge in [-0.3, -0.25) is 0 Å². The zero-order valence-corrected chi connectivity index (χ0v) is 9.63. The van der Waals surface area contributed by atoms with E-state index in [4.69, 9.17) is 5.73 Å². The van der Waals surface area contributed by atoms with Gasteiger partial charge in [0.1, 0.15) is 5.82 Å². The van der Waals surface area contributed by atoms with Crippen LogP contribution in [0.15, 0.2) is 29.2 Å². The van der Waals surface area contributed by atoms with Gasteiger partial charge in [-0.05, 0) is 31.0 Å². The molecule has 1 aliphatic rings. The van der Waals surface area contributed by atoms with Crippen LogP contribution in [0.1, 0.15) is 19.3 Å². The fourth-order valence-corrected chi connectivity index (χ4v) is 4.11. The number of nitrogens with two attached hydrogens (primary N) is 1. The van der Waals surface area contributed by atoms with Crippen molar-refractivity contribution in [3.63, 3.8) is 0 Å². The largest absolute Gasteiger partial charge is 0.329 e. The van der Waals surface area contributed by atoms with Gasteiger partial charge in [-0.1, -0.05) is 12.5 Å². The molecule has 2 N–H and O–H groups in total. The normalized spacial score (nSPS) is 19.1. The maximum Gasteiger partial charge on any atom is 0.185 e. The van der Waals surface area contributed by atoms with Gasteiger partial charge >= 0.3 is 0 Å². The van der Waals surface area contributed by atoms with Gasteiger partial charge in [0.05, 0.1) is 9.64 Å². The summed E-state index contributed by atoms with van der Waals surface area (Å²) < 4.78 is 36.7. The zero-order chi connectivity index (χ0) is 11.8. The summed E-state index contributed by atoms with van der Waals surface area (Å²) in [6.45, 7) is 0.103. The minimum absolute atomic E-state index is 0.0395. The second kappa shape index (κ2) is 3.82. The second-order valence-electron chi connectivity index (χ2n) is 4.20. The van der Waals surface area contributed by atoms with Gasteiger partial charge in [0.15, 0.2) is 9.84 Å². The Morgan fingerprint density at radius 3 is 2.50 bits per heavy atom. The highest BCUT2D eigenvalue weighted by molar-refractivity contribution is 7.93. The molecule has 3 nitrogen and oxygen atoms in total. The van der Waals surface area contributed by atoms with Crippen molar-refractivity contribution < 1.29 is 12.8 Å². The molecule has 1 aromatic carbocycles. The lowest BCUT2D eigenvalue weighted by Gasteiger charge is -2.39. The van der Waals surface area contributed by atoms with E-state index in [0.29, 0.717) is 12.8 Å². The Balaban J connectivity index is 2.47. The van der Waals surface area contributed by atoms with E-state index in [1.54, 1.807) is 0 Å². The number of hydrogen-bond acceptors (Lipinski definition) is 3. The fraction of sp³-hybridized carbons (Fsp3) is 0.455. The van der Waals surface area contributed by atoms with Crippen LogP contribution < -0.4 is 5.73 Å². The van der Waals surface area contributed by atoms with Crippen LogP contribution in [-0.2, 0) is 9.84 Å². The van der Waals surface area contributed by atoms with Crippen LogP contribution in [0.2, 0.25) is 0 Å². The smallest absolute Gasteiger partial charge is 0.185 e. The summed E-state index contributed by atoms with van der Waals surface area (Å²) in [5, 5.41) is 0. The highest BCUT2D eigenvalue weighted by Crippen LogP contribution is 2.41. The molecule has 0 aromatic heterocycles. The third-order valence-corrected chi connectivity index (χ3v) is 5.90. The maximum absolute atomic E-state index is 13.0. The molecule has 0 spiro atoms.